The molecule has 0 radical (unpaired) electrons. The smallest absolute Gasteiger partial charge is 0.186 e. The van der Waals surface area contributed by atoms with Crippen molar-refractivity contribution in [1.29, 1.82) is 0 Å². The van der Waals surface area contributed by atoms with E-state index in [9.17, 15) is 4.79 Å². The van der Waals surface area contributed by atoms with E-state index in [0.717, 1.165) is 22.5 Å². The predicted octanol–water partition coefficient (Wildman–Crippen LogP) is 4.10. The van der Waals surface area contributed by atoms with E-state index >= 15 is 0 Å². The highest BCUT2D eigenvalue weighted by Gasteiger charge is 2.05. The first-order valence-corrected chi connectivity index (χ1v) is 7.66. The maximum absolute atomic E-state index is 12.4. The zero-order valence-electron chi connectivity index (χ0n) is 14.5. The van der Waals surface area contributed by atoms with Crippen molar-refractivity contribution in [1.82, 2.24) is 0 Å². The van der Waals surface area contributed by atoms with E-state index in [4.69, 9.17) is 0 Å². The summed E-state index contributed by atoms with van der Waals surface area (Å²) in [6.45, 7) is 1.97. The molecule has 2 aromatic rings. The van der Waals surface area contributed by atoms with Crippen LogP contribution in [-0.4, -0.2) is 34.0 Å². The second kappa shape index (κ2) is 7.14. The van der Waals surface area contributed by atoms with Gasteiger partial charge in [0.2, 0.25) is 0 Å². The number of carbonyl (C=O) groups excluding carboxylic acids is 1. The molecule has 2 rings (SSSR count). The van der Waals surface area contributed by atoms with Gasteiger partial charge in [0.05, 0.1) is 0 Å². The van der Waals surface area contributed by atoms with Gasteiger partial charge in [-0.1, -0.05) is 12.1 Å². The molecule has 0 spiro atoms. The molecule has 0 aliphatic rings. The van der Waals surface area contributed by atoms with Crippen molar-refractivity contribution in [3.8, 4) is 0 Å². The van der Waals surface area contributed by atoms with Crippen LogP contribution in [0.2, 0.25) is 0 Å². The zero-order valence-corrected chi connectivity index (χ0v) is 14.5. The molecular formula is C20H24N2O. The third kappa shape index (κ3) is 4.22. The molecule has 3 nitrogen and oxygen atoms in total. The molecule has 0 unspecified atom stereocenters. The second-order valence-corrected chi connectivity index (χ2v) is 6.07. The summed E-state index contributed by atoms with van der Waals surface area (Å²) in [5.74, 6) is 0.0319. The van der Waals surface area contributed by atoms with Crippen LogP contribution in [-0.2, 0) is 0 Å². The van der Waals surface area contributed by atoms with Crippen molar-refractivity contribution in [3.63, 3.8) is 0 Å². The van der Waals surface area contributed by atoms with Crippen LogP contribution in [0.5, 0.6) is 0 Å². The summed E-state index contributed by atoms with van der Waals surface area (Å²) in [5.41, 5.74) is 4.97. The summed E-state index contributed by atoms with van der Waals surface area (Å²) < 4.78 is 0. The average molecular weight is 308 g/mol. The Morgan fingerprint density at radius 2 is 1.13 bits per heavy atom. The summed E-state index contributed by atoms with van der Waals surface area (Å²) in [6.07, 6.45) is 1.70. The van der Waals surface area contributed by atoms with E-state index in [0.29, 0.717) is 5.56 Å². The minimum atomic E-state index is 0.0319. The lowest BCUT2D eigenvalue weighted by Crippen LogP contribution is -2.08. The number of nitrogens with zero attached hydrogens (tertiary/aromatic N) is 2. The van der Waals surface area contributed by atoms with E-state index in [1.807, 2.05) is 76.4 Å². The third-order valence-electron chi connectivity index (χ3n) is 3.85. The van der Waals surface area contributed by atoms with Crippen LogP contribution >= 0.6 is 0 Å². The Labute approximate surface area is 138 Å². The van der Waals surface area contributed by atoms with Gasteiger partial charge in [-0.3, -0.25) is 4.79 Å². The van der Waals surface area contributed by atoms with Crippen molar-refractivity contribution in [2.45, 2.75) is 6.92 Å². The maximum atomic E-state index is 12.4. The number of hydrogen-bond acceptors (Lipinski definition) is 3. The predicted molar refractivity (Wildman–Crippen MR) is 99.5 cm³/mol. The van der Waals surface area contributed by atoms with Gasteiger partial charge >= 0.3 is 0 Å². The van der Waals surface area contributed by atoms with Crippen molar-refractivity contribution in [2.75, 3.05) is 38.0 Å². The maximum Gasteiger partial charge on any atom is 0.186 e. The number of hydrogen-bond donors (Lipinski definition) is 0. The lowest BCUT2D eigenvalue weighted by atomic mass is 10.0. The SMILES string of the molecule is C/C(=C\C(=O)c1ccc(N(C)C)cc1)c1ccc(N(C)C)cc1. The average Bonchev–Trinajstić information content (AvgIpc) is 2.54. The number of ketones is 1. The topological polar surface area (TPSA) is 23.6 Å². The van der Waals surface area contributed by atoms with E-state index in [1.54, 1.807) is 6.08 Å². The van der Waals surface area contributed by atoms with Crippen LogP contribution in [0, 0.1) is 0 Å². The summed E-state index contributed by atoms with van der Waals surface area (Å²) in [6, 6.07) is 15.9. The Morgan fingerprint density at radius 1 is 0.739 bits per heavy atom. The molecule has 0 aliphatic heterocycles. The molecule has 0 bridgehead atoms. The van der Waals surface area contributed by atoms with Gasteiger partial charge < -0.3 is 9.80 Å². The highest BCUT2D eigenvalue weighted by molar-refractivity contribution is 6.08. The van der Waals surface area contributed by atoms with Crippen molar-refractivity contribution in [2.24, 2.45) is 0 Å². The van der Waals surface area contributed by atoms with Crippen molar-refractivity contribution >= 4 is 22.7 Å². The molecule has 0 atom stereocenters. The van der Waals surface area contributed by atoms with Gasteiger partial charge in [-0.15, -0.1) is 0 Å². The van der Waals surface area contributed by atoms with E-state index in [1.165, 1.54) is 0 Å². The van der Waals surface area contributed by atoms with Crippen molar-refractivity contribution < 1.29 is 4.79 Å². The van der Waals surface area contributed by atoms with Crippen LogP contribution < -0.4 is 9.80 Å². The first-order valence-electron chi connectivity index (χ1n) is 7.66. The number of benzene rings is 2. The fourth-order valence-corrected chi connectivity index (χ4v) is 2.31. The lowest BCUT2D eigenvalue weighted by molar-refractivity contribution is 0.104. The molecule has 0 saturated heterocycles. The number of anilines is 2. The summed E-state index contributed by atoms with van der Waals surface area (Å²) in [4.78, 5) is 16.5. The van der Waals surface area contributed by atoms with Gasteiger partial charge in [0.1, 0.15) is 0 Å². The Bertz CT molecular complexity index is 695. The van der Waals surface area contributed by atoms with Gasteiger partial charge in [0, 0.05) is 45.1 Å². The van der Waals surface area contributed by atoms with Gasteiger partial charge in [0.25, 0.3) is 0 Å². The Morgan fingerprint density at radius 3 is 1.52 bits per heavy atom. The van der Waals surface area contributed by atoms with E-state index in [-0.39, 0.29) is 5.78 Å². The number of rotatable bonds is 5. The number of carbonyl (C=O) groups is 1. The van der Waals surface area contributed by atoms with Crippen molar-refractivity contribution in [3.05, 3.63) is 65.7 Å². The Kier molecular flexibility index (Phi) is 5.22. The molecule has 0 heterocycles. The molecule has 0 fully saturated rings. The molecule has 2 aromatic carbocycles. The zero-order chi connectivity index (χ0) is 17.0. The van der Waals surface area contributed by atoms with Gasteiger partial charge in [-0.25, -0.2) is 0 Å². The summed E-state index contributed by atoms with van der Waals surface area (Å²) in [7, 11) is 7.99. The fraction of sp³-hybridized carbons (Fsp3) is 0.250. The highest BCUT2D eigenvalue weighted by atomic mass is 16.1. The molecule has 0 saturated carbocycles. The van der Waals surface area contributed by atoms with E-state index < -0.39 is 0 Å². The first kappa shape index (κ1) is 16.8. The van der Waals surface area contributed by atoms with Gasteiger partial charge in [-0.2, -0.15) is 0 Å². The largest absolute Gasteiger partial charge is 0.378 e. The summed E-state index contributed by atoms with van der Waals surface area (Å²) >= 11 is 0. The Balaban J connectivity index is 2.17. The van der Waals surface area contributed by atoms with Crippen LogP contribution in [0.25, 0.3) is 5.57 Å². The minimum absolute atomic E-state index is 0.0319. The molecule has 3 heteroatoms. The first-order chi connectivity index (χ1) is 10.9. The molecule has 0 N–H and O–H groups in total. The minimum Gasteiger partial charge on any atom is -0.378 e. The molecule has 0 amide bonds. The molecule has 0 aliphatic carbocycles. The van der Waals surface area contributed by atoms with Gasteiger partial charge in [0.15, 0.2) is 5.78 Å². The fourth-order valence-electron chi connectivity index (χ4n) is 2.31. The van der Waals surface area contributed by atoms with E-state index in [2.05, 4.69) is 17.0 Å². The highest BCUT2D eigenvalue weighted by Crippen LogP contribution is 2.20. The molecular weight excluding hydrogens is 284 g/mol. The monoisotopic (exact) mass is 308 g/mol. The van der Waals surface area contributed by atoms with Crippen LogP contribution in [0.1, 0.15) is 22.8 Å². The molecule has 120 valence electrons. The van der Waals surface area contributed by atoms with Crippen LogP contribution in [0.4, 0.5) is 11.4 Å². The standard InChI is InChI=1S/C20H24N2O/c1-15(16-6-10-18(11-7-16)21(2)3)14-20(23)17-8-12-19(13-9-17)22(4)5/h6-14H,1-5H3/b15-14+. The number of allylic oxidation sites excluding steroid dienone is 2. The molecule has 23 heavy (non-hydrogen) atoms. The molecule has 0 aromatic heterocycles. The second-order valence-electron chi connectivity index (χ2n) is 6.07. The summed E-state index contributed by atoms with van der Waals surface area (Å²) in [5, 5.41) is 0. The third-order valence-corrected chi connectivity index (χ3v) is 3.85. The Hall–Kier alpha value is -2.55. The lowest BCUT2D eigenvalue weighted by Gasteiger charge is -2.13. The van der Waals surface area contributed by atoms with Crippen LogP contribution in [0.3, 0.4) is 0 Å². The van der Waals surface area contributed by atoms with Gasteiger partial charge in [-0.05, 0) is 60.5 Å². The quantitative estimate of drug-likeness (QED) is 0.613. The van der Waals surface area contributed by atoms with Crippen LogP contribution in [0.15, 0.2) is 54.6 Å². The normalized spacial score (nSPS) is 11.3.